The third-order valence-corrected chi connectivity index (χ3v) is 3.30. The first-order valence-electron chi connectivity index (χ1n) is 6.23. The molecule has 0 radical (unpaired) electrons. The SMILES string of the molecule is CCNC(COC(C)C)c1snnc1C(C)C. The van der Waals surface area contributed by atoms with Gasteiger partial charge in [0.25, 0.3) is 0 Å². The molecule has 1 unspecified atom stereocenters. The average molecular weight is 257 g/mol. The minimum Gasteiger partial charge on any atom is -0.377 e. The highest BCUT2D eigenvalue weighted by molar-refractivity contribution is 7.05. The van der Waals surface area contributed by atoms with Crippen molar-refractivity contribution >= 4 is 11.5 Å². The van der Waals surface area contributed by atoms with E-state index in [4.69, 9.17) is 4.74 Å². The molecule has 4 nitrogen and oxygen atoms in total. The summed E-state index contributed by atoms with van der Waals surface area (Å²) in [5.41, 5.74) is 1.09. The van der Waals surface area contributed by atoms with Gasteiger partial charge in [-0.25, -0.2) is 0 Å². The van der Waals surface area contributed by atoms with E-state index in [-0.39, 0.29) is 12.1 Å². The first-order chi connectivity index (χ1) is 8.06. The highest BCUT2D eigenvalue weighted by atomic mass is 32.1. The van der Waals surface area contributed by atoms with Crippen LogP contribution in [0.25, 0.3) is 0 Å². The van der Waals surface area contributed by atoms with E-state index in [1.165, 1.54) is 16.4 Å². The minimum absolute atomic E-state index is 0.208. The monoisotopic (exact) mass is 257 g/mol. The Balaban J connectivity index is 2.77. The zero-order valence-corrected chi connectivity index (χ0v) is 12.2. The van der Waals surface area contributed by atoms with Crippen LogP contribution in [0.2, 0.25) is 0 Å². The highest BCUT2D eigenvalue weighted by Crippen LogP contribution is 2.26. The van der Waals surface area contributed by atoms with Gasteiger partial charge in [-0.1, -0.05) is 25.3 Å². The molecule has 1 N–H and O–H groups in total. The zero-order chi connectivity index (χ0) is 12.8. The predicted molar refractivity (Wildman–Crippen MR) is 71.5 cm³/mol. The Morgan fingerprint density at radius 1 is 1.29 bits per heavy atom. The van der Waals surface area contributed by atoms with Gasteiger partial charge in [-0.05, 0) is 37.8 Å². The van der Waals surface area contributed by atoms with E-state index >= 15 is 0 Å². The average Bonchev–Trinajstić information content (AvgIpc) is 2.72. The summed E-state index contributed by atoms with van der Waals surface area (Å²) >= 11 is 1.47. The van der Waals surface area contributed by atoms with Gasteiger partial charge < -0.3 is 10.1 Å². The van der Waals surface area contributed by atoms with Gasteiger partial charge >= 0.3 is 0 Å². The van der Waals surface area contributed by atoms with E-state index in [2.05, 4.69) is 49.5 Å². The summed E-state index contributed by atoms with van der Waals surface area (Å²) in [7, 11) is 0. The van der Waals surface area contributed by atoms with Crippen LogP contribution in [0.4, 0.5) is 0 Å². The summed E-state index contributed by atoms with van der Waals surface area (Å²) in [4.78, 5) is 1.21. The van der Waals surface area contributed by atoms with Crippen LogP contribution >= 0.6 is 11.5 Å². The number of hydrogen-bond acceptors (Lipinski definition) is 5. The molecule has 0 spiro atoms. The molecule has 0 bridgehead atoms. The molecule has 0 aliphatic carbocycles. The van der Waals surface area contributed by atoms with Crippen molar-refractivity contribution in [3.05, 3.63) is 10.6 Å². The Kier molecular flexibility index (Phi) is 6.02. The Morgan fingerprint density at radius 3 is 2.53 bits per heavy atom. The van der Waals surface area contributed by atoms with E-state index in [1.54, 1.807) is 0 Å². The fourth-order valence-corrected chi connectivity index (χ4v) is 2.47. The summed E-state index contributed by atoms with van der Waals surface area (Å²) in [6, 6.07) is 0.208. The minimum atomic E-state index is 0.208. The third-order valence-electron chi connectivity index (χ3n) is 2.45. The largest absolute Gasteiger partial charge is 0.377 e. The molecular weight excluding hydrogens is 234 g/mol. The van der Waals surface area contributed by atoms with Crippen LogP contribution in [0.3, 0.4) is 0 Å². The van der Waals surface area contributed by atoms with Gasteiger partial charge in [-0.2, -0.15) is 0 Å². The topological polar surface area (TPSA) is 47.0 Å². The molecule has 1 atom stereocenters. The number of hydrogen-bond donors (Lipinski definition) is 1. The maximum absolute atomic E-state index is 5.70. The zero-order valence-electron chi connectivity index (χ0n) is 11.4. The van der Waals surface area contributed by atoms with Gasteiger partial charge in [0, 0.05) is 0 Å². The predicted octanol–water partition coefficient (Wildman–Crippen LogP) is 2.74. The van der Waals surface area contributed by atoms with E-state index < -0.39 is 0 Å². The summed E-state index contributed by atoms with van der Waals surface area (Å²) in [5, 5.41) is 7.66. The fraction of sp³-hybridized carbons (Fsp3) is 0.833. The molecule has 1 aromatic heterocycles. The number of nitrogens with zero attached hydrogens (tertiary/aromatic N) is 2. The Bertz CT molecular complexity index is 325. The Hall–Kier alpha value is -0.520. The third kappa shape index (κ3) is 4.33. The van der Waals surface area contributed by atoms with Crippen LogP contribution < -0.4 is 5.32 Å². The Morgan fingerprint density at radius 2 is 2.00 bits per heavy atom. The van der Waals surface area contributed by atoms with Crippen molar-refractivity contribution < 1.29 is 4.74 Å². The van der Waals surface area contributed by atoms with Crippen LogP contribution in [0.1, 0.15) is 57.1 Å². The molecular formula is C12H23N3OS. The summed E-state index contributed by atoms with van der Waals surface area (Å²) < 4.78 is 9.77. The van der Waals surface area contributed by atoms with E-state index in [1.807, 2.05) is 0 Å². The van der Waals surface area contributed by atoms with Gasteiger partial charge in [0.1, 0.15) is 0 Å². The molecule has 98 valence electrons. The van der Waals surface area contributed by atoms with Crippen LogP contribution in [0, 0.1) is 0 Å². The molecule has 5 heteroatoms. The number of ether oxygens (including phenoxy) is 1. The van der Waals surface area contributed by atoms with Crippen LogP contribution in [0.15, 0.2) is 0 Å². The molecule has 1 aromatic rings. The molecule has 0 aromatic carbocycles. The summed E-state index contributed by atoms with van der Waals surface area (Å²) in [6.45, 7) is 12.1. The van der Waals surface area contributed by atoms with E-state index in [0.29, 0.717) is 12.5 Å². The molecule has 0 saturated carbocycles. The normalized spacial score (nSPS) is 13.6. The van der Waals surface area contributed by atoms with Crippen molar-refractivity contribution in [2.45, 2.75) is 52.7 Å². The van der Waals surface area contributed by atoms with Crippen molar-refractivity contribution in [2.24, 2.45) is 0 Å². The second kappa shape index (κ2) is 7.03. The maximum Gasteiger partial charge on any atom is 0.0829 e. The number of nitrogens with one attached hydrogen (secondary N) is 1. The molecule has 0 aliphatic heterocycles. The van der Waals surface area contributed by atoms with E-state index in [0.717, 1.165) is 12.2 Å². The fourth-order valence-electron chi connectivity index (χ4n) is 1.61. The second-order valence-corrected chi connectivity index (χ2v) is 5.46. The number of rotatable bonds is 7. The lowest BCUT2D eigenvalue weighted by Crippen LogP contribution is -2.27. The summed E-state index contributed by atoms with van der Waals surface area (Å²) in [5.74, 6) is 0.406. The van der Waals surface area contributed by atoms with Crippen molar-refractivity contribution in [2.75, 3.05) is 13.2 Å². The molecule has 0 fully saturated rings. The molecule has 1 rings (SSSR count). The van der Waals surface area contributed by atoms with Crippen molar-refractivity contribution in [3.63, 3.8) is 0 Å². The van der Waals surface area contributed by atoms with Gasteiger partial charge in [0.15, 0.2) is 0 Å². The standard InChI is InChI=1S/C12H23N3OS/c1-6-13-10(7-16-9(4)5)12-11(8(2)3)14-15-17-12/h8-10,13H,6-7H2,1-5H3. The lowest BCUT2D eigenvalue weighted by molar-refractivity contribution is 0.0618. The smallest absolute Gasteiger partial charge is 0.0829 e. The molecule has 0 saturated heterocycles. The summed E-state index contributed by atoms with van der Waals surface area (Å²) in [6.07, 6.45) is 0.250. The van der Waals surface area contributed by atoms with Crippen LogP contribution in [-0.2, 0) is 4.74 Å². The van der Waals surface area contributed by atoms with Crippen LogP contribution in [-0.4, -0.2) is 28.8 Å². The van der Waals surface area contributed by atoms with Crippen molar-refractivity contribution in [1.82, 2.24) is 14.9 Å². The van der Waals surface area contributed by atoms with Gasteiger partial charge in [0.05, 0.1) is 29.3 Å². The first-order valence-corrected chi connectivity index (χ1v) is 7.00. The van der Waals surface area contributed by atoms with Crippen LogP contribution in [0.5, 0.6) is 0 Å². The highest BCUT2D eigenvalue weighted by Gasteiger charge is 2.20. The molecule has 0 amide bonds. The number of aromatic nitrogens is 2. The van der Waals surface area contributed by atoms with E-state index in [9.17, 15) is 0 Å². The lowest BCUT2D eigenvalue weighted by Gasteiger charge is -2.19. The molecule has 0 aliphatic rings. The molecule has 17 heavy (non-hydrogen) atoms. The Labute approximate surface area is 108 Å². The van der Waals surface area contributed by atoms with Gasteiger partial charge in [-0.3, -0.25) is 0 Å². The van der Waals surface area contributed by atoms with Gasteiger partial charge in [0.2, 0.25) is 0 Å². The second-order valence-electron chi connectivity index (χ2n) is 4.67. The van der Waals surface area contributed by atoms with Gasteiger partial charge in [-0.15, -0.1) is 5.10 Å². The maximum atomic E-state index is 5.70. The quantitative estimate of drug-likeness (QED) is 0.816. The first kappa shape index (κ1) is 14.5. The molecule has 1 heterocycles. The lowest BCUT2D eigenvalue weighted by atomic mass is 10.1. The van der Waals surface area contributed by atoms with Crippen molar-refractivity contribution in [3.8, 4) is 0 Å². The van der Waals surface area contributed by atoms with Crippen molar-refractivity contribution in [1.29, 1.82) is 0 Å². The number of likely N-dealkylation sites (N-methyl/N-ethyl adjacent to an activating group) is 1.